The summed E-state index contributed by atoms with van der Waals surface area (Å²) in [5.74, 6) is 2.41. The number of urea groups is 2. The molecule has 6 fully saturated rings. The van der Waals surface area contributed by atoms with Gasteiger partial charge in [0.1, 0.15) is 0 Å². The van der Waals surface area contributed by atoms with Gasteiger partial charge in [-0.15, -0.1) is 0 Å². The van der Waals surface area contributed by atoms with Crippen LogP contribution in [0.4, 0.5) is 9.59 Å². The summed E-state index contributed by atoms with van der Waals surface area (Å²) in [5, 5.41) is 3.17. The number of rotatable bonds is 3. The van der Waals surface area contributed by atoms with Gasteiger partial charge in [-0.05, 0) is 82.0 Å². The second-order valence-corrected chi connectivity index (χ2v) is 11.3. The minimum atomic E-state index is -0.257. The molecule has 8 heteroatoms. The molecule has 3 N–H and O–H groups in total. The maximum absolute atomic E-state index is 12.8. The average molecular weight is 446 g/mol. The van der Waals surface area contributed by atoms with Crippen molar-refractivity contribution >= 4 is 18.0 Å². The monoisotopic (exact) mass is 445 g/mol. The molecule has 4 aliphatic carbocycles. The number of carbonyl (C=O) groups is 3. The van der Waals surface area contributed by atoms with Crippen molar-refractivity contribution in [1.29, 1.82) is 0 Å². The van der Waals surface area contributed by atoms with E-state index in [-0.39, 0.29) is 35.6 Å². The van der Waals surface area contributed by atoms with Crippen LogP contribution in [0.25, 0.3) is 0 Å². The summed E-state index contributed by atoms with van der Waals surface area (Å²) in [4.78, 5) is 42.9. The highest BCUT2D eigenvalue weighted by atomic mass is 16.2. The van der Waals surface area contributed by atoms with Crippen LogP contribution in [0.3, 0.4) is 0 Å². The van der Waals surface area contributed by atoms with E-state index in [2.05, 4.69) is 10.2 Å². The number of nitrogens with zero attached hydrogens (tertiary/aromatic N) is 3. The molecule has 6 aliphatic rings. The third kappa shape index (κ3) is 4.05. The number of likely N-dealkylation sites (tertiary alicyclic amines) is 2. The van der Waals surface area contributed by atoms with Gasteiger partial charge in [0.15, 0.2) is 0 Å². The zero-order chi connectivity index (χ0) is 22.5. The quantitative estimate of drug-likeness (QED) is 0.698. The summed E-state index contributed by atoms with van der Waals surface area (Å²) >= 11 is 0. The molecule has 6 rings (SSSR count). The zero-order valence-electron chi connectivity index (χ0n) is 19.4. The topological polar surface area (TPSA) is 99.0 Å². The van der Waals surface area contributed by atoms with E-state index in [0.29, 0.717) is 26.2 Å². The minimum Gasteiger partial charge on any atom is -0.351 e. The maximum atomic E-state index is 12.8. The van der Waals surface area contributed by atoms with Gasteiger partial charge in [-0.3, -0.25) is 4.79 Å². The lowest BCUT2D eigenvalue weighted by atomic mass is 9.52. The molecule has 0 atom stereocenters. The molecule has 5 amide bonds. The van der Waals surface area contributed by atoms with E-state index in [1.54, 1.807) is 6.92 Å². The number of nitrogens with two attached hydrogens (primary N) is 1. The number of piperidine rings is 2. The Balaban J connectivity index is 1.16. The van der Waals surface area contributed by atoms with E-state index in [1.807, 2.05) is 9.80 Å². The van der Waals surface area contributed by atoms with Gasteiger partial charge in [-0.25, -0.2) is 9.59 Å². The van der Waals surface area contributed by atoms with Crippen LogP contribution in [-0.2, 0) is 4.79 Å². The van der Waals surface area contributed by atoms with Gasteiger partial charge < -0.3 is 25.8 Å². The minimum absolute atomic E-state index is 0.00912. The first-order chi connectivity index (χ1) is 15.3. The first kappa shape index (κ1) is 21.8. The van der Waals surface area contributed by atoms with Gasteiger partial charge in [0.05, 0.1) is 0 Å². The van der Waals surface area contributed by atoms with Crippen molar-refractivity contribution < 1.29 is 14.4 Å². The molecule has 8 nitrogen and oxygen atoms in total. The average Bonchev–Trinajstić information content (AvgIpc) is 2.73. The molecule has 0 aromatic heterocycles. The molecule has 4 bridgehead atoms. The van der Waals surface area contributed by atoms with E-state index in [9.17, 15) is 14.4 Å². The first-order valence-electron chi connectivity index (χ1n) is 12.7. The third-order valence-electron chi connectivity index (χ3n) is 9.14. The zero-order valence-corrected chi connectivity index (χ0v) is 19.4. The smallest absolute Gasteiger partial charge is 0.317 e. The number of primary amides is 1. The van der Waals surface area contributed by atoms with E-state index in [4.69, 9.17) is 5.73 Å². The molecule has 0 aromatic carbocycles. The Labute approximate surface area is 191 Å². The molecular weight excluding hydrogens is 406 g/mol. The summed E-state index contributed by atoms with van der Waals surface area (Å²) in [6, 6.07) is 0.00816. The SMILES string of the molecule is CC(=O)N1CCC(NC(=O)N2CCC(N(C(N)=O)C34CC5CC(CC(C5)C3)C4)CC2)CC1. The largest absolute Gasteiger partial charge is 0.351 e. The predicted octanol–water partition coefficient (Wildman–Crippen LogP) is 2.52. The number of hydrogen-bond acceptors (Lipinski definition) is 3. The van der Waals surface area contributed by atoms with Gasteiger partial charge in [0.2, 0.25) is 5.91 Å². The number of nitrogens with one attached hydrogen (secondary N) is 1. The van der Waals surface area contributed by atoms with Crippen molar-refractivity contribution in [3.05, 3.63) is 0 Å². The number of amides is 5. The van der Waals surface area contributed by atoms with Crippen LogP contribution in [0.15, 0.2) is 0 Å². The van der Waals surface area contributed by atoms with Gasteiger partial charge >= 0.3 is 12.1 Å². The fourth-order valence-corrected chi connectivity index (χ4v) is 8.09. The summed E-state index contributed by atoms with van der Waals surface area (Å²) < 4.78 is 0. The lowest BCUT2D eigenvalue weighted by molar-refractivity contribution is -0.129. The highest BCUT2D eigenvalue weighted by Crippen LogP contribution is 2.58. The van der Waals surface area contributed by atoms with Crippen molar-refractivity contribution in [1.82, 2.24) is 20.0 Å². The second-order valence-electron chi connectivity index (χ2n) is 11.3. The first-order valence-corrected chi connectivity index (χ1v) is 12.7. The van der Waals surface area contributed by atoms with E-state index in [0.717, 1.165) is 62.7 Å². The van der Waals surface area contributed by atoms with Gasteiger partial charge in [0, 0.05) is 50.7 Å². The maximum Gasteiger partial charge on any atom is 0.317 e. The Bertz CT molecular complexity index is 719. The number of carbonyl (C=O) groups excluding carboxylic acids is 3. The molecule has 0 spiro atoms. The molecule has 0 aromatic rings. The van der Waals surface area contributed by atoms with Crippen LogP contribution >= 0.6 is 0 Å². The Morgan fingerprint density at radius 1 is 0.844 bits per heavy atom. The molecule has 32 heavy (non-hydrogen) atoms. The van der Waals surface area contributed by atoms with Gasteiger partial charge in [-0.2, -0.15) is 0 Å². The van der Waals surface area contributed by atoms with Crippen LogP contribution in [0.1, 0.15) is 71.1 Å². The van der Waals surface area contributed by atoms with Crippen molar-refractivity contribution in [2.24, 2.45) is 23.5 Å². The molecule has 2 saturated heterocycles. The predicted molar refractivity (Wildman–Crippen MR) is 121 cm³/mol. The normalized spacial score (nSPS) is 35.1. The Hall–Kier alpha value is -1.99. The van der Waals surface area contributed by atoms with Gasteiger partial charge in [-0.1, -0.05) is 0 Å². The van der Waals surface area contributed by atoms with E-state index >= 15 is 0 Å². The third-order valence-corrected chi connectivity index (χ3v) is 9.14. The molecule has 0 unspecified atom stereocenters. The molecular formula is C24H39N5O3. The fourth-order valence-electron chi connectivity index (χ4n) is 8.09. The molecule has 178 valence electrons. The van der Waals surface area contributed by atoms with Crippen molar-refractivity contribution in [2.75, 3.05) is 26.2 Å². The molecule has 2 aliphatic heterocycles. The Morgan fingerprint density at radius 3 is 1.81 bits per heavy atom. The Kier molecular flexibility index (Phi) is 5.74. The van der Waals surface area contributed by atoms with Crippen molar-refractivity contribution in [3.8, 4) is 0 Å². The fraction of sp³-hybridized carbons (Fsp3) is 0.875. The van der Waals surface area contributed by atoms with E-state index < -0.39 is 0 Å². The summed E-state index contributed by atoms with van der Waals surface area (Å²) in [7, 11) is 0. The lowest BCUT2D eigenvalue weighted by Gasteiger charge is -2.62. The van der Waals surface area contributed by atoms with Crippen molar-refractivity contribution in [3.63, 3.8) is 0 Å². The second kappa shape index (κ2) is 8.41. The highest BCUT2D eigenvalue weighted by molar-refractivity contribution is 5.76. The highest BCUT2D eigenvalue weighted by Gasteiger charge is 2.56. The standard InChI is InChI=1S/C24H39N5O3/c1-16(30)27-6-2-20(3-7-27)26-23(32)28-8-4-21(5-9-28)29(22(25)31)24-13-17-10-18(14-24)12-19(11-17)15-24/h17-21H,2-15H2,1H3,(H2,25,31)(H,26,32). The summed E-state index contributed by atoms with van der Waals surface area (Å²) in [5.41, 5.74) is 5.98. The lowest BCUT2D eigenvalue weighted by Crippen LogP contribution is -2.66. The summed E-state index contributed by atoms with van der Waals surface area (Å²) in [6.45, 7) is 4.35. The van der Waals surface area contributed by atoms with E-state index in [1.165, 1.54) is 19.3 Å². The van der Waals surface area contributed by atoms with Crippen LogP contribution in [-0.4, -0.2) is 76.5 Å². The van der Waals surface area contributed by atoms with Crippen molar-refractivity contribution in [2.45, 2.75) is 88.8 Å². The number of hydrogen-bond donors (Lipinski definition) is 2. The molecule has 2 heterocycles. The molecule has 0 radical (unpaired) electrons. The van der Waals surface area contributed by atoms with Gasteiger partial charge in [0.25, 0.3) is 0 Å². The van der Waals surface area contributed by atoms with Crippen LogP contribution < -0.4 is 11.1 Å². The van der Waals surface area contributed by atoms with Crippen LogP contribution in [0.5, 0.6) is 0 Å². The summed E-state index contributed by atoms with van der Waals surface area (Å²) in [6.07, 6.45) is 10.6. The van der Waals surface area contributed by atoms with Crippen LogP contribution in [0.2, 0.25) is 0 Å². The Morgan fingerprint density at radius 2 is 1.34 bits per heavy atom. The molecule has 4 saturated carbocycles. The van der Waals surface area contributed by atoms with Crippen LogP contribution in [0, 0.1) is 17.8 Å².